The Kier molecular flexibility index (Phi) is 7.13. The third-order valence-electron chi connectivity index (χ3n) is 6.75. The van der Waals surface area contributed by atoms with Crippen LogP contribution in [0.15, 0.2) is 36.4 Å². The standard InChI is InChI=1S/C24H24F6N2O3S/c1-2-36(34,35)31-22-20(32(12-24(22,29)30)23(33)14-8-16(26)9-14)10-13-4-3-5-17(21(13)28)18-11-15(25)6-7-19(18)27/h3-7,11,14,16,20,22,31H,2,8-10,12H2,1H3/t14-,16-,20-,22+/m0/s1. The number of likely N-dealkylation sites (tertiary alicyclic amines) is 1. The Balaban J connectivity index is 1.73. The average molecular weight is 535 g/mol. The predicted molar refractivity (Wildman–Crippen MR) is 120 cm³/mol. The predicted octanol–water partition coefficient (Wildman–Crippen LogP) is 4.22. The molecular formula is C24H24F6N2O3S. The van der Waals surface area contributed by atoms with Gasteiger partial charge < -0.3 is 4.90 Å². The summed E-state index contributed by atoms with van der Waals surface area (Å²) < 4.78 is 113. The summed E-state index contributed by atoms with van der Waals surface area (Å²) in [6.07, 6.45) is -2.05. The Labute approximate surface area is 204 Å². The van der Waals surface area contributed by atoms with E-state index in [1.165, 1.54) is 25.1 Å². The number of benzene rings is 2. The maximum Gasteiger partial charge on any atom is 0.283 e. The van der Waals surface area contributed by atoms with Crippen molar-refractivity contribution in [1.29, 1.82) is 0 Å². The first-order valence-corrected chi connectivity index (χ1v) is 13.0. The third kappa shape index (κ3) is 5.10. The highest BCUT2D eigenvalue weighted by Gasteiger charge is 2.58. The third-order valence-corrected chi connectivity index (χ3v) is 8.12. The van der Waals surface area contributed by atoms with Gasteiger partial charge in [-0.15, -0.1) is 0 Å². The van der Waals surface area contributed by atoms with E-state index in [-0.39, 0.29) is 29.5 Å². The van der Waals surface area contributed by atoms with Crippen LogP contribution in [0.5, 0.6) is 0 Å². The van der Waals surface area contributed by atoms with Crippen LogP contribution in [0.2, 0.25) is 0 Å². The fraction of sp³-hybridized carbons (Fsp3) is 0.458. The van der Waals surface area contributed by atoms with Crippen LogP contribution in [0.1, 0.15) is 25.3 Å². The number of alkyl halides is 3. The molecule has 0 unspecified atom stereocenters. The van der Waals surface area contributed by atoms with Crippen LogP contribution < -0.4 is 4.72 Å². The van der Waals surface area contributed by atoms with Gasteiger partial charge in [0.1, 0.15) is 29.7 Å². The first-order valence-electron chi connectivity index (χ1n) is 11.4. The number of hydrogen-bond acceptors (Lipinski definition) is 3. The Hall–Kier alpha value is -2.60. The van der Waals surface area contributed by atoms with Gasteiger partial charge in [-0.05, 0) is 49.9 Å². The molecule has 2 aromatic rings. The van der Waals surface area contributed by atoms with Gasteiger partial charge in [-0.3, -0.25) is 4.79 Å². The molecule has 1 aliphatic heterocycles. The molecule has 5 nitrogen and oxygen atoms in total. The van der Waals surface area contributed by atoms with Gasteiger partial charge in [0.15, 0.2) is 0 Å². The first-order chi connectivity index (χ1) is 16.8. The van der Waals surface area contributed by atoms with Crippen LogP contribution in [-0.2, 0) is 21.2 Å². The van der Waals surface area contributed by atoms with E-state index in [4.69, 9.17) is 0 Å². The van der Waals surface area contributed by atoms with Gasteiger partial charge in [-0.25, -0.2) is 39.5 Å². The SMILES string of the molecule is CCS(=O)(=O)N[C@@H]1[C@H](Cc2cccc(-c3cc(F)ccc3F)c2F)N(C(=O)[C@H]2C[C@H](F)C2)CC1(F)F. The lowest BCUT2D eigenvalue weighted by atomic mass is 9.82. The molecule has 0 aromatic heterocycles. The van der Waals surface area contributed by atoms with Crippen molar-refractivity contribution in [3.63, 3.8) is 0 Å². The zero-order valence-electron chi connectivity index (χ0n) is 19.2. The molecule has 196 valence electrons. The molecule has 4 rings (SSSR count). The van der Waals surface area contributed by atoms with Crippen molar-refractivity contribution in [1.82, 2.24) is 9.62 Å². The number of amides is 1. The number of hydrogen-bond donors (Lipinski definition) is 1. The molecule has 1 saturated carbocycles. The summed E-state index contributed by atoms with van der Waals surface area (Å²) >= 11 is 0. The molecule has 1 N–H and O–H groups in total. The lowest BCUT2D eigenvalue weighted by molar-refractivity contribution is -0.142. The largest absolute Gasteiger partial charge is 0.331 e. The number of halogens is 6. The van der Waals surface area contributed by atoms with Crippen LogP contribution in [0.3, 0.4) is 0 Å². The maximum atomic E-state index is 15.5. The van der Waals surface area contributed by atoms with E-state index in [9.17, 15) is 26.4 Å². The smallest absolute Gasteiger partial charge is 0.283 e. The lowest BCUT2D eigenvalue weighted by Gasteiger charge is -2.35. The molecule has 2 aliphatic rings. The normalized spacial score (nSPS) is 25.6. The fourth-order valence-corrected chi connectivity index (χ4v) is 5.56. The van der Waals surface area contributed by atoms with E-state index in [0.29, 0.717) is 0 Å². The molecule has 1 heterocycles. The molecule has 1 saturated heterocycles. The van der Waals surface area contributed by atoms with Crippen LogP contribution in [0.25, 0.3) is 11.1 Å². The zero-order valence-corrected chi connectivity index (χ0v) is 20.0. The molecule has 1 amide bonds. The Morgan fingerprint density at radius 2 is 1.81 bits per heavy atom. The van der Waals surface area contributed by atoms with Crippen molar-refractivity contribution in [3.05, 3.63) is 59.4 Å². The quantitative estimate of drug-likeness (QED) is 0.542. The number of rotatable bonds is 7. The summed E-state index contributed by atoms with van der Waals surface area (Å²) in [5.41, 5.74) is -0.905. The number of carbonyl (C=O) groups is 1. The van der Waals surface area contributed by atoms with Gasteiger partial charge in [-0.2, -0.15) is 0 Å². The minimum Gasteiger partial charge on any atom is -0.331 e. The van der Waals surface area contributed by atoms with Crippen molar-refractivity contribution < 1.29 is 39.6 Å². The Bertz CT molecular complexity index is 1270. The summed E-state index contributed by atoms with van der Waals surface area (Å²) in [6, 6.07) is 2.65. The van der Waals surface area contributed by atoms with E-state index in [1.54, 1.807) is 0 Å². The minimum atomic E-state index is -4.15. The highest BCUT2D eigenvalue weighted by molar-refractivity contribution is 7.89. The fourth-order valence-electron chi connectivity index (χ4n) is 4.67. The zero-order chi connectivity index (χ0) is 26.4. The van der Waals surface area contributed by atoms with Crippen molar-refractivity contribution in [2.45, 2.75) is 50.4 Å². The van der Waals surface area contributed by atoms with Crippen molar-refractivity contribution in [2.75, 3.05) is 12.3 Å². The van der Waals surface area contributed by atoms with E-state index >= 15 is 13.2 Å². The van der Waals surface area contributed by atoms with Crippen LogP contribution in [0, 0.1) is 23.4 Å². The van der Waals surface area contributed by atoms with Gasteiger partial charge in [0.2, 0.25) is 15.9 Å². The molecule has 1 aliphatic carbocycles. The van der Waals surface area contributed by atoms with Gasteiger partial charge in [0.05, 0.1) is 18.3 Å². The molecule has 2 fully saturated rings. The van der Waals surface area contributed by atoms with Crippen LogP contribution >= 0.6 is 0 Å². The molecule has 0 radical (unpaired) electrons. The maximum absolute atomic E-state index is 15.5. The van der Waals surface area contributed by atoms with Crippen molar-refractivity contribution >= 4 is 15.9 Å². The number of carbonyl (C=O) groups excluding carboxylic acids is 1. The number of nitrogens with zero attached hydrogens (tertiary/aromatic N) is 1. The van der Waals surface area contributed by atoms with Gasteiger partial charge in [0.25, 0.3) is 5.92 Å². The highest BCUT2D eigenvalue weighted by atomic mass is 32.2. The lowest BCUT2D eigenvalue weighted by Crippen LogP contribution is -2.53. The molecule has 0 bridgehead atoms. The Morgan fingerprint density at radius 3 is 2.44 bits per heavy atom. The minimum absolute atomic E-state index is 0.137. The number of sulfonamides is 1. The molecule has 36 heavy (non-hydrogen) atoms. The highest BCUT2D eigenvalue weighted by Crippen LogP contribution is 2.40. The second-order valence-electron chi connectivity index (χ2n) is 9.17. The molecule has 2 aromatic carbocycles. The van der Waals surface area contributed by atoms with Crippen molar-refractivity contribution in [2.24, 2.45) is 5.92 Å². The van der Waals surface area contributed by atoms with E-state index in [1.807, 2.05) is 4.72 Å². The molecule has 12 heteroatoms. The van der Waals surface area contributed by atoms with E-state index in [0.717, 1.165) is 23.1 Å². The Morgan fingerprint density at radius 1 is 1.11 bits per heavy atom. The number of nitrogens with one attached hydrogen (secondary N) is 1. The molecule has 2 atom stereocenters. The second-order valence-corrected chi connectivity index (χ2v) is 11.2. The summed E-state index contributed by atoms with van der Waals surface area (Å²) in [7, 11) is -4.15. The first kappa shape index (κ1) is 26.5. The summed E-state index contributed by atoms with van der Waals surface area (Å²) in [5, 5.41) is 0. The van der Waals surface area contributed by atoms with Crippen molar-refractivity contribution in [3.8, 4) is 11.1 Å². The van der Waals surface area contributed by atoms with Gasteiger partial charge in [-0.1, -0.05) is 18.2 Å². The summed E-state index contributed by atoms with van der Waals surface area (Å²) in [4.78, 5) is 13.7. The van der Waals surface area contributed by atoms with Crippen LogP contribution in [0.4, 0.5) is 26.3 Å². The van der Waals surface area contributed by atoms with Gasteiger partial charge >= 0.3 is 0 Å². The molecular weight excluding hydrogens is 510 g/mol. The topological polar surface area (TPSA) is 66.5 Å². The summed E-state index contributed by atoms with van der Waals surface area (Å²) in [6.45, 7) is 0.125. The monoisotopic (exact) mass is 534 g/mol. The average Bonchev–Trinajstić information content (AvgIpc) is 3.04. The van der Waals surface area contributed by atoms with E-state index in [2.05, 4.69) is 0 Å². The summed E-state index contributed by atoms with van der Waals surface area (Å²) in [5.74, 6) is -8.54. The second kappa shape index (κ2) is 9.70. The van der Waals surface area contributed by atoms with Crippen LogP contribution in [-0.4, -0.2) is 55.7 Å². The molecule has 0 spiro atoms. The van der Waals surface area contributed by atoms with E-state index < -0.39 is 82.2 Å². The van der Waals surface area contributed by atoms with Gasteiger partial charge in [0, 0.05) is 17.0 Å².